The lowest BCUT2D eigenvalue weighted by molar-refractivity contribution is 0.0967. The zero-order chi connectivity index (χ0) is 19.5. The van der Waals surface area contributed by atoms with Gasteiger partial charge in [-0.3, -0.25) is 9.78 Å². The summed E-state index contributed by atoms with van der Waals surface area (Å²) in [5.74, 6) is 0.810. The number of hydrogen-bond acceptors (Lipinski definition) is 6. The highest BCUT2D eigenvalue weighted by molar-refractivity contribution is 6.01. The molecule has 0 fully saturated rings. The van der Waals surface area contributed by atoms with E-state index in [0.29, 0.717) is 18.1 Å². The van der Waals surface area contributed by atoms with E-state index < -0.39 is 0 Å². The van der Waals surface area contributed by atoms with Crippen molar-refractivity contribution in [1.82, 2.24) is 9.97 Å². The first-order valence-electron chi connectivity index (χ1n) is 9.01. The van der Waals surface area contributed by atoms with Crippen molar-refractivity contribution in [3.8, 4) is 0 Å². The highest BCUT2D eigenvalue weighted by Gasteiger charge is 2.17. The molecule has 0 saturated carbocycles. The van der Waals surface area contributed by atoms with E-state index in [9.17, 15) is 4.79 Å². The molecule has 140 valence electrons. The number of pyridine rings is 2. The topological polar surface area (TPSA) is 94.0 Å². The van der Waals surface area contributed by atoms with Crippen LogP contribution in [-0.4, -0.2) is 15.8 Å². The van der Waals surface area contributed by atoms with E-state index in [0.717, 1.165) is 33.5 Å². The minimum absolute atomic E-state index is 0.0460. The van der Waals surface area contributed by atoms with E-state index in [1.165, 1.54) is 0 Å². The quantitative estimate of drug-likeness (QED) is 0.494. The summed E-state index contributed by atoms with van der Waals surface area (Å²) in [5.41, 5.74) is 9.91. The van der Waals surface area contributed by atoms with Gasteiger partial charge in [0.2, 0.25) is 5.78 Å². The van der Waals surface area contributed by atoms with Gasteiger partial charge in [-0.15, -0.1) is 0 Å². The van der Waals surface area contributed by atoms with Gasteiger partial charge < -0.3 is 15.5 Å². The molecule has 0 spiro atoms. The molecule has 0 atom stereocenters. The Morgan fingerprint density at radius 3 is 2.79 bits per heavy atom. The lowest BCUT2D eigenvalue weighted by Crippen LogP contribution is -2.07. The largest absolute Gasteiger partial charge is 0.453 e. The van der Waals surface area contributed by atoms with Crippen molar-refractivity contribution in [2.75, 3.05) is 11.1 Å². The number of furan rings is 1. The predicted octanol–water partition coefficient (Wildman–Crippen LogP) is 4.15. The molecule has 0 unspecified atom stereocenters. The fourth-order valence-corrected chi connectivity index (χ4v) is 3.19. The third-order valence-electron chi connectivity index (χ3n) is 4.64. The molecule has 4 aromatic rings. The van der Waals surface area contributed by atoms with E-state index >= 15 is 0 Å². The first-order chi connectivity index (χ1) is 13.6. The maximum Gasteiger partial charge on any atom is 0.202 e. The molecule has 0 aliphatic heterocycles. The number of nitrogens with two attached hydrogens (primary N) is 1. The maximum absolute atomic E-state index is 12.8. The van der Waals surface area contributed by atoms with Crippen molar-refractivity contribution < 1.29 is 9.21 Å². The first-order valence-corrected chi connectivity index (χ1v) is 9.01. The Kier molecular flexibility index (Phi) is 4.76. The van der Waals surface area contributed by atoms with E-state index in [2.05, 4.69) is 15.3 Å². The minimum atomic E-state index is -0.0460. The summed E-state index contributed by atoms with van der Waals surface area (Å²) in [6.07, 6.45) is 3.61. The molecule has 0 bridgehead atoms. The number of nitrogen functional groups attached to an aromatic ring is 1. The number of rotatable bonds is 6. The zero-order valence-electron chi connectivity index (χ0n) is 15.5. The number of nitrogens with one attached hydrogen (secondary N) is 1. The first kappa shape index (κ1) is 17.7. The Labute approximate surface area is 162 Å². The molecule has 4 rings (SSSR count). The van der Waals surface area contributed by atoms with Crippen LogP contribution in [0, 0.1) is 6.92 Å². The Hall–Kier alpha value is -3.67. The predicted molar refractivity (Wildman–Crippen MR) is 109 cm³/mol. The summed E-state index contributed by atoms with van der Waals surface area (Å²) in [6, 6.07) is 15.1. The molecule has 28 heavy (non-hydrogen) atoms. The monoisotopic (exact) mass is 372 g/mol. The highest BCUT2D eigenvalue weighted by atomic mass is 16.3. The Morgan fingerprint density at radius 1 is 1.11 bits per heavy atom. The van der Waals surface area contributed by atoms with Crippen LogP contribution in [0.15, 0.2) is 65.3 Å². The summed E-state index contributed by atoms with van der Waals surface area (Å²) >= 11 is 0. The SMILES string of the molecule is Cc1c(C(=O)Cc2ccnc(CNc3cccnc3N)c2)oc2ccccc12. The van der Waals surface area contributed by atoms with Crippen LogP contribution in [0.5, 0.6) is 0 Å². The van der Waals surface area contributed by atoms with Gasteiger partial charge in [0.05, 0.1) is 17.9 Å². The van der Waals surface area contributed by atoms with Crippen LogP contribution in [0.2, 0.25) is 0 Å². The number of carbonyl (C=O) groups is 1. The van der Waals surface area contributed by atoms with Crippen LogP contribution < -0.4 is 11.1 Å². The number of benzene rings is 1. The average molecular weight is 372 g/mol. The van der Waals surface area contributed by atoms with E-state index in [-0.39, 0.29) is 12.2 Å². The number of aryl methyl sites for hydroxylation is 1. The van der Waals surface area contributed by atoms with Gasteiger partial charge in [0.1, 0.15) is 11.4 Å². The lowest BCUT2D eigenvalue weighted by atomic mass is 10.0. The Bertz CT molecular complexity index is 1150. The van der Waals surface area contributed by atoms with Crippen LogP contribution in [-0.2, 0) is 13.0 Å². The summed E-state index contributed by atoms with van der Waals surface area (Å²) in [7, 11) is 0. The van der Waals surface area contributed by atoms with Crippen LogP contribution >= 0.6 is 0 Å². The molecular weight excluding hydrogens is 352 g/mol. The Morgan fingerprint density at radius 2 is 1.96 bits per heavy atom. The van der Waals surface area contributed by atoms with Gasteiger partial charge in [-0.05, 0) is 42.8 Å². The van der Waals surface area contributed by atoms with Gasteiger partial charge in [0.15, 0.2) is 5.76 Å². The summed E-state index contributed by atoms with van der Waals surface area (Å²) in [4.78, 5) is 21.2. The molecule has 0 aliphatic carbocycles. The van der Waals surface area contributed by atoms with Gasteiger partial charge in [-0.25, -0.2) is 4.98 Å². The minimum Gasteiger partial charge on any atom is -0.453 e. The summed E-state index contributed by atoms with van der Waals surface area (Å²) in [5, 5.41) is 4.19. The van der Waals surface area contributed by atoms with Crippen LogP contribution in [0.4, 0.5) is 11.5 Å². The van der Waals surface area contributed by atoms with Crippen LogP contribution in [0.3, 0.4) is 0 Å². The fourth-order valence-electron chi connectivity index (χ4n) is 3.19. The standard InChI is InChI=1S/C22H20N4O2/c1-14-17-5-2-3-7-20(17)28-21(14)19(27)12-15-8-10-24-16(11-15)13-26-18-6-4-9-25-22(18)23/h2-11,26H,12-13H2,1H3,(H2,23,25). The highest BCUT2D eigenvalue weighted by Crippen LogP contribution is 2.26. The van der Waals surface area contributed by atoms with Crippen molar-refractivity contribution >= 4 is 28.3 Å². The van der Waals surface area contributed by atoms with Gasteiger partial charge in [0.25, 0.3) is 0 Å². The van der Waals surface area contributed by atoms with Crippen LogP contribution in [0.1, 0.15) is 27.4 Å². The smallest absolute Gasteiger partial charge is 0.202 e. The molecule has 0 amide bonds. The number of carbonyl (C=O) groups excluding carboxylic acids is 1. The molecular formula is C22H20N4O2. The second-order valence-electron chi connectivity index (χ2n) is 6.60. The maximum atomic E-state index is 12.8. The number of para-hydroxylation sites is 1. The number of aromatic nitrogens is 2. The summed E-state index contributed by atoms with van der Waals surface area (Å²) < 4.78 is 5.78. The number of anilines is 2. The molecule has 0 saturated heterocycles. The molecule has 3 N–H and O–H groups in total. The molecule has 0 radical (unpaired) electrons. The normalized spacial score (nSPS) is 10.9. The second-order valence-corrected chi connectivity index (χ2v) is 6.60. The van der Waals surface area contributed by atoms with Crippen molar-refractivity contribution in [1.29, 1.82) is 0 Å². The number of Topliss-reactive ketones (excluding diaryl/α,β-unsaturated/α-hetero) is 1. The van der Waals surface area contributed by atoms with Gasteiger partial charge in [0, 0.05) is 29.8 Å². The summed E-state index contributed by atoms with van der Waals surface area (Å²) in [6.45, 7) is 2.40. The second kappa shape index (κ2) is 7.52. The lowest BCUT2D eigenvalue weighted by Gasteiger charge is -2.08. The van der Waals surface area contributed by atoms with Crippen LogP contribution in [0.25, 0.3) is 11.0 Å². The Balaban J connectivity index is 1.49. The van der Waals surface area contributed by atoms with Crippen molar-refractivity contribution in [2.45, 2.75) is 19.9 Å². The fraction of sp³-hybridized carbons (Fsp3) is 0.136. The number of nitrogens with zero attached hydrogens (tertiary/aromatic N) is 2. The van der Waals surface area contributed by atoms with E-state index in [1.54, 1.807) is 12.4 Å². The van der Waals surface area contributed by atoms with Gasteiger partial charge >= 0.3 is 0 Å². The average Bonchev–Trinajstić information content (AvgIpc) is 3.05. The zero-order valence-corrected chi connectivity index (χ0v) is 15.5. The molecule has 6 nitrogen and oxygen atoms in total. The molecule has 1 aromatic carbocycles. The van der Waals surface area contributed by atoms with E-state index in [1.807, 2.05) is 55.5 Å². The molecule has 3 aromatic heterocycles. The van der Waals surface area contributed by atoms with Gasteiger partial charge in [-0.1, -0.05) is 18.2 Å². The number of fused-ring (bicyclic) bond motifs is 1. The third-order valence-corrected chi connectivity index (χ3v) is 4.64. The number of hydrogen-bond donors (Lipinski definition) is 2. The number of ketones is 1. The van der Waals surface area contributed by atoms with Crippen molar-refractivity contribution in [3.05, 3.63) is 83.5 Å². The molecule has 0 aliphatic rings. The van der Waals surface area contributed by atoms with Crippen molar-refractivity contribution in [3.63, 3.8) is 0 Å². The van der Waals surface area contributed by atoms with Gasteiger partial charge in [-0.2, -0.15) is 0 Å². The molecule has 6 heteroatoms. The van der Waals surface area contributed by atoms with Crippen molar-refractivity contribution in [2.24, 2.45) is 0 Å². The van der Waals surface area contributed by atoms with E-state index in [4.69, 9.17) is 10.2 Å². The third kappa shape index (κ3) is 3.57. The molecule has 3 heterocycles.